The van der Waals surface area contributed by atoms with Gasteiger partial charge in [-0.15, -0.1) is 0 Å². The second-order valence-corrected chi connectivity index (χ2v) is 6.74. The molecule has 3 rings (SSSR count). The van der Waals surface area contributed by atoms with Crippen LogP contribution >= 0.6 is 0 Å². The van der Waals surface area contributed by atoms with Gasteiger partial charge in [0.1, 0.15) is 5.75 Å². The number of benzene rings is 3. The van der Waals surface area contributed by atoms with Crippen LogP contribution in [-0.2, 0) is 0 Å². The highest BCUT2D eigenvalue weighted by atomic mass is 16.5. The molecule has 0 aliphatic rings. The van der Waals surface area contributed by atoms with Gasteiger partial charge in [-0.2, -0.15) is 0 Å². The fourth-order valence-electron chi connectivity index (χ4n) is 2.80. The molecule has 0 bridgehead atoms. The lowest BCUT2D eigenvalue weighted by Crippen LogP contribution is -2.14. The lowest BCUT2D eigenvalue weighted by atomic mass is 10.1. The van der Waals surface area contributed by atoms with E-state index in [4.69, 9.17) is 4.74 Å². The molecule has 3 aromatic rings. The zero-order valence-corrected chi connectivity index (χ0v) is 16.8. The highest BCUT2D eigenvalue weighted by Crippen LogP contribution is 2.18. The van der Waals surface area contributed by atoms with Gasteiger partial charge in [-0.05, 0) is 92.6 Å². The summed E-state index contributed by atoms with van der Waals surface area (Å²) in [4.78, 5) is 24.9. The Kier molecular flexibility index (Phi) is 6.29. The molecular formula is C24H24N2O3. The predicted octanol–water partition coefficient (Wildman–Crippen LogP) is 5.21. The van der Waals surface area contributed by atoms with Crippen molar-refractivity contribution in [2.75, 3.05) is 17.2 Å². The quantitative estimate of drug-likeness (QED) is 0.609. The van der Waals surface area contributed by atoms with Crippen molar-refractivity contribution in [1.82, 2.24) is 0 Å². The minimum Gasteiger partial charge on any atom is -0.494 e. The number of hydrogen-bond acceptors (Lipinski definition) is 3. The Morgan fingerprint density at radius 3 is 1.76 bits per heavy atom. The fourth-order valence-corrected chi connectivity index (χ4v) is 2.80. The van der Waals surface area contributed by atoms with E-state index in [0.29, 0.717) is 23.4 Å². The first-order valence-electron chi connectivity index (χ1n) is 9.49. The monoisotopic (exact) mass is 388 g/mol. The molecule has 0 saturated heterocycles. The van der Waals surface area contributed by atoms with Gasteiger partial charge in [0.05, 0.1) is 6.61 Å². The molecule has 0 heterocycles. The molecule has 29 heavy (non-hydrogen) atoms. The van der Waals surface area contributed by atoms with Crippen LogP contribution in [0.15, 0.2) is 66.7 Å². The normalized spacial score (nSPS) is 10.3. The maximum atomic E-state index is 12.4. The van der Waals surface area contributed by atoms with Crippen molar-refractivity contribution in [2.45, 2.75) is 20.8 Å². The SMILES string of the molecule is CCOc1ccc(NC(=O)c2ccc(C(=O)Nc3ccc(C)c(C)c3)cc2)cc1. The van der Waals surface area contributed by atoms with Crippen LogP contribution < -0.4 is 15.4 Å². The summed E-state index contributed by atoms with van der Waals surface area (Å²) < 4.78 is 5.39. The Morgan fingerprint density at radius 2 is 1.24 bits per heavy atom. The second kappa shape index (κ2) is 9.06. The molecule has 3 aromatic carbocycles. The highest BCUT2D eigenvalue weighted by molar-refractivity contribution is 6.07. The summed E-state index contributed by atoms with van der Waals surface area (Å²) >= 11 is 0. The van der Waals surface area contributed by atoms with Crippen molar-refractivity contribution in [1.29, 1.82) is 0 Å². The van der Waals surface area contributed by atoms with Crippen molar-refractivity contribution < 1.29 is 14.3 Å². The first kappa shape index (κ1) is 20.1. The zero-order valence-electron chi connectivity index (χ0n) is 16.8. The number of rotatable bonds is 6. The third-order valence-electron chi connectivity index (χ3n) is 4.60. The number of nitrogens with one attached hydrogen (secondary N) is 2. The summed E-state index contributed by atoms with van der Waals surface area (Å²) in [6, 6.07) is 19.5. The van der Waals surface area contributed by atoms with Crippen molar-refractivity contribution in [3.8, 4) is 5.75 Å². The number of hydrogen-bond donors (Lipinski definition) is 2. The predicted molar refractivity (Wildman–Crippen MR) is 116 cm³/mol. The van der Waals surface area contributed by atoms with E-state index in [9.17, 15) is 9.59 Å². The Labute approximate surface area is 170 Å². The van der Waals surface area contributed by atoms with Gasteiger partial charge in [0.15, 0.2) is 0 Å². The molecule has 0 fully saturated rings. The number of ether oxygens (including phenoxy) is 1. The molecule has 0 aliphatic carbocycles. The van der Waals surface area contributed by atoms with E-state index in [-0.39, 0.29) is 11.8 Å². The molecule has 148 valence electrons. The van der Waals surface area contributed by atoms with Gasteiger partial charge in [0, 0.05) is 22.5 Å². The van der Waals surface area contributed by atoms with Crippen LogP contribution in [-0.4, -0.2) is 18.4 Å². The first-order chi connectivity index (χ1) is 14.0. The van der Waals surface area contributed by atoms with Crippen LogP contribution in [0.5, 0.6) is 5.75 Å². The van der Waals surface area contributed by atoms with Crippen molar-refractivity contribution in [3.05, 3.63) is 89.0 Å². The van der Waals surface area contributed by atoms with Crippen LogP contribution in [0, 0.1) is 13.8 Å². The van der Waals surface area contributed by atoms with E-state index in [1.807, 2.05) is 39.0 Å². The van der Waals surface area contributed by atoms with E-state index in [0.717, 1.165) is 17.0 Å². The number of anilines is 2. The molecule has 0 saturated carbocycles. The maximum absolute atomic E-state index is 12.4. The molecule has 5 heteroatoms. The number of carbonyl (C=O) groups excluding carboxylic acids is 2. The standard InChI is InChI=1S/C24H24N2O3/c1-4-29-22-13-11-20(12-14-22)25-23(27)18-6-8-19(9-7-18)24(28)26-21-10-5-16(2)17(3)15-21/h5-15H,4H2,1-3H3,(H,25,27)(H,26,28). The Hall–Kier alpha value is -3.60. The molecule has 0 spiro atoms. The average Bonchev–Trinajstić information content (AvgIpc) is 2.72. The smallest absolute Gasteiger partial charge is 0.255 e. The summed E-state index contributed by atoms with van der Waals surface area (Å²) in [6.45, 7) is 6.54. The summed E-state index contributed by atoms with van der Waals surface area (Å²) in [5.41, 5.74) is 4.67. The van der Waals surface area contributed by atoms with E-state index in [2.05, 4.69) is 10.6 Å². The van der Waals surface area contributed by atoms with Crippen LogP contribution in [0.3, 0.4) is 0 Å². The van der Waals surface area contributed by atoms with Crippen LogP contribution in [0.1, 0.15) is 38.8 Å². The van der Waals surface area contributed by atoms with Gasteiger partial charge >= 0.3 is 0 Å². The molecule has 0 unspecified atom stereocenters. The van der Waals surface area contributed by atoms with Crippen molar-refractivity contribution >= 4 is 23.2 Å². The number of carbonyl (C=O) groups is 2. The topological polar surface area (TPSA) is 67.4 Å². The van der Waals surface area contributed by atoms with Crippen molar-refractivity contribution in [2.24, 2.45) is 0 Å². The third-order valence-corrected chi connectivity index (χ3v) is 4.60. The average molecular weight is 388 g/mol. The molecule has 0 atom stereocenters. The molecule has 0 aliphatic heterocycles. The molecule has 0 radical (unpaired) electrons. The Bertz CT molecular complexity index is 1010. The van der Waals surface area contributed by atoms with Crippen LogP contribution in [0.4, 0.5) is 11.4 Å². The largest absolute Gasteiger partial charge is 0.494 e. The van der Waals surface area contributed by atoms with Gasteiger partial charge in [-0.3, -0.25) is 9.59 Å². The van der Waals surface area contributed by atoms with Gasteiger partial charge in [0.25, 0.3) is 11.8 Å². The molecule has 0 aromatic heterocycles. The number of aryl methyl sites for hydroxylation is 2. The molecular weight excluding hydrogens is 364 g/mol. The van der Waals surface area contributed by atoms with Gasteiger partial charge in [-0.25, -0.2) is 0 Å². The summed E-state index contributed by atoms with van der Waals surface area (Å²) in [5, 5.41) is 5.71. The van der Waals surface area contributed by atoms with E-state index in [1.54, 1.807) is 48.5 Å². The second-order valence-electron chi connectivity index (χ2n) is 6.74. The minimum absolute atomic E-state index is 0.216. The summed E-state index contributed by atoms with van der Waals surface area (Å²) in [7, 11) is 0. The van der Waals surface area contributed by atoms with Crippen molar-refractivity contribution in [3.63, 3.8) is 0 Å². The third kappa shape index (κ3) is 5.23. The minimum atomic E-state index is -0.240. The van der Waals surface area contributed by atoms with Gasteiger partial charge in [0.2, 0.25) is 0 Å². The van der Waals surface area contributed by atoms with Gasteiger partial charge < -0.3 is 15.4 Å². The van der Waals surface area contributed by atoms with E-state index >= 15 is 0 Å². The fraction of sp³-hybridized carbons (Fsp3) is 0.167. The van der Waals surface area contributed by atoms with Crippen LogP contribution in [0.25, 0.3) is 0 Å². The highest BCUT2D eigenvalue weighted by Gasteiger charge is 2.10. The molecule has 5 nitrogen and oxygen atoms in total. The zero-order chi connectivity index (χ0) is 20.8. The summed E-state index contributed by atoms with van der Waals surface area (Å²) in [6.07, 6.45) is 0. The van der Waals surface area contributed by atoms with E-state index < -0.39 is 0 Å². The lowest BCUT2D eigenvalue weighted by Gasteiger charge is -2.09. The van der Waals surface area contributed by atoms with E-state index in [1.165, 1.54) is 5.56 Å². The Morgan fingerprint density at radius 1 is 0.724 bits per heavy atom. The van der Waals surface area contributed by atoms with Gasteiger partial charge in [-0.1, -0.05) is 6.07 Å². The first-order valence-corrected chi connectivity index (χ1v) is 9.49. The maximum Gasteiger partial charge on any atom is 0.255 e. The molecule has 2 N–H and O–H groups in total. The lowest BCUT2D eigenvalue weighted by molar-refractivity contribution is 0.101. The van der Waals surface area contributed by atoms with Crippen LogP contribution in [0.2, 0.25) is 0 Å². The Balaban J connectivity index is 1.63. The number of amides is 2. The summed E-state index contributed by atoms with van der Waals surface area (Å²) in [5.74, 6) is 0.298. The molecule has 2 amide bonds.